The van der Waals surface area contributed by atoms with Gasteiger partial charge >= 0.3 is 0 Å². The Hall–Kier alpha value is -1.85. The van der Waals surface area contributed by atoms with Crippen LogP contribution in [0.4, 0.5) is 0 Å². The van der Waals surface area contributed by atoms with Gasteiger partial charge in [0.05, 0.1) is 16.7 Å². The zero-order chi connectivity index (χ0) is 17.2. The second kappa shape index (κ2) is 6.72. The van der Waals surface area contributed by atoms with Gasteiger partial charge in [0.15, 0.2) is 0 Å². The fraction of sp³-hybridized carbons (Fsp3) is 0.333. The van der Waals surface area contributed by atoms with Crippen molar-refractivity contribution in [3.63, 3.8) is 0 Å². The van der Waals surface area contributed by atoms with Crippen LogP contribution in [0.2, 0.25) is 0 Å². The second-order valence-electron chi connectivity index (χ2n) is 6.22. The lowest BCUT2D eigenvalue weighted by Crippen LogP contribution is -2.18. The quantitative estimate of drug-likeness (QED) is 0.904. The average molecular weight is 333 g/mol. The van der Waals surface area contributed by atoms with Crippen LogP contribution in [0.1, 0.15) is 45.1 Å². The minimum atomic E-state index is -3.74. The molecule has 1 aromatic carbocycles. The Labute approximate surface area is 138 Å². The second-order valence-corrected chi connectivity index (χ2v) is 8.04. The summed E-state index contributed by atoms with van der Waals surface area (Å²) in [5.41, 5.74) is 2.21. The first kappa shape index (κ1) is 17.5. The van der Waals surface area contributed by atoms with E-state index in [9.17, 15) is 13.5 Å². The molecule has 0 saturated heterocycles. The van der Waals surface area contributed by atoms with Crippen LogP contribution in [-0.2, 0) is 10.0 Å². The van der Waals surface area contributed by atoms with Crippen molar-refractivity contribution in [2.45, 2.75) is 38.7 Å². The summed E-state index contributed by atoms with van der Waals surface area (Å²) in [5.74, 6) is -0.0887. The van der Waals surface area contributed by atoms with Crippen LogP contribution in [0.15, 0.2) is 53.1 Å². The summed E-state index contributed by atoms with van der Waals surface area (Å²) in [7, 11) is -3.74. The summed E-state index contributed by atoms with van der Waals surface area (Å²) in [4.78, 5) is 0.205. The van der Waals surface area contributed by atoms with Crippen LogP contribution in [0, 0.1) is 5.92 Å². The largest absolute Gasteiger partial charge is 0.387 e. The summed E-state index contributed by atoms with van der Waals surface area (Å²) in [6.45, 7) is 7.61. The summed E-state index contributed by atoms with van der Waals surface area (Å²) in [5, 5.41) is 10.4. The van der Waals surface area contributed by atoms with Crippen molar-refractivity contribution < 1.29 is 13.5 Å². The highest BCUT2D eigenvalue weighted by molar-refractivity contribution is 7.90. The van der Waals surface area contributed by atoms with E-state index >= 15 is 0 Å². The van der Waals surface area contributed by atoms with Crippen LogP contribution in [0.25, 0.3) is 6.08 Å². The molecule has 2 aromatic rings. The van der Waals surface area contributed by atoms with Crippen molar-refractivity contribution in [2.24, 2.45) is 5.92 Å². The van der Waals surface area contributed by atoms with Gasteiger partial charge in [-0.2, -0.15) is 0 Å². The van der Waals surface area contributed by atoms with Gasteiger partial charge in [-0.15, -0.1) is 0 Å². The predicted octanol–water partition coefficient (Wildman–Crippen LogP) is 3.84. The number of allylic oxidation sites excluding steroid dienone is 1. The predicted molar refractivity (Wildman–Crippen MR) is 92.6 cm³/mol. The molecular weight excluding hydrogens is 310 g/mol. The molecule has 0 amide bonds. The van der Waals surface area contributed by atoms with Crippen LogP contribution < -0.4 is 0 Å². The van der Waals surface area contributed by atoms with Crippen molar-refractivity contribution in [3.05, 3.63) is 59.4 Å². The number of aliphatic hydroxyl groups excluding tert-OH is 1. The Morgan fingerprint density at radius 2 is 1.78 bits per heavy atom. The van der Waals surface area contributed by atoms with Crippen LogP contribution in [0.5, 0.6) is 0 Å². The highest BCUT2D eigenvalue weighted by Gasteiger charge is 2.25. The Bertz CT molecular complexity index is 798. The molecule has 0 radical (unpaired) electrons. The fourth-order valence-corrected chi connectivity index (χ4v) is 3.79. The van der Waals surface area contributed by atoms with Gasteiger partial charge in [0.2, 0.25) is 0 Å². The van der Waals surface area contributed by atoms with Gasteiger partial charge in [-0.05, 0) is 43.5 Å². The lowest BCUT2D eigenvalue weighted by atomic mass is 10.0. The van der Waals surface area contributed by atoms with Crippen molar-refractivity contribution in [2.75, 3.05) is 0 Å². The normalized spacial score (nSPS) is 13.1. The molecule has 0 bridgehead atoms. The molecule has 1 atom stereocenters. The Kier molecular flexibility index (Phi) is 5.12. The molecule has 0 saturated carbocycles. The Morgan fingerprint density at radius 1 is 1.17 bits per heavy atom. The Balaban J connectivity index is 2.65. The van der Waals surface area contributed by atoms with E-state index in [2.05, 4.69) is 0 Å². The van der Waals surface area contributed by atoms with Crippen molar-refractivity contribution in [3.8, 4) is 0 Å². The van der Waals surface area contributed by atoms with Gasteiger partial charge < -0.3 is 5.11 Å². The number of hydrogen-bond donors (Lipinski definition) is 1. The lowest BCUT2D eigenvalue weighted by Gasteiger charge is -2.17. The molecule has 0 spiro atoms. The first-order valence-corrected chi connectivity index (χ1v) is 9.03. The van der Waals surface area contributed by atoms with E-state index < -0.39 is 16.1 Å². The molecule has 1 unspecified atom stereocenters. The number of hydrogen-bond acceptors (Lipinski definition) is 3. The van der Waals surface area contributed by atoms with Gasteiger partial charge in [0, 0.05) is 6.20 Å². The first-order chi connectivity index (χ1) is 10.7. The maximum absolute atomic E-state index is 12.9. The third-order valence-electron chi connectivity index (χ3n) is 3.53. The highest BCUT2D eigenvalue weighted by Crippen LogP contribution is 2.28. The summed E-state index contributed by atoms with van der Waals surface area (Å²) >= 11 is 0. The molecule has 0 fully saturated rings. The molecule has 1 heterocycles. The summed E-state index contributed by atoms with van der Waals surface area (Å²) in [6, 6.07) is 9.99. The lowest BCUT2D eigenvalue weighted by molar-refractivity contribution is 0.121. The molecule has 2 rings (SSSR count). The van der Waals surface area contributed by atoms with Crippen molar-refractivity contribution >= 4 is 16.1 Å². The molecule has 5 heteroatoms. The maximum Gasteiger partial charge on any atom is 0.267 e. The van der Waals surface area contributed by atoms with E-state index in [0.29, 0.717) is 5.69 Å². The summed E-state index contributed by atoms with van der Waals surface area (Å²) < 4.78 is 27.0. The van der Waals surface area contributed by atoms with Crippen LogP contribution >= 0.6 is 0 Å². The molecule has 1 aromatic heterocycles. The smallest absolute Gasteiger partial charge is 0.267 e. The van der Waals surface area contributed by atoms with Gasteiger partial charge in [-0.1, -0.05) is 43.7 Å². The van der Waals surface area contributed by atoms with Crippen molar-refractivity contribution in [1.29, 1.82) is 0 Å². The topological polar surface area (TPSA) is 59.3 Å². The number of aliphatic hydroxyl groups is 1. The molecular formula is C18H23NO3S. The maximum atomic E-state index is 12.9. The molecule has 0 aliphatic carbocycles. The molecule has 23 heavy (non-hydrogen) atoms. The molecule has 0 aliphatic heterocycles. The minimum absolute atomic E-state index is 0.0887. The summed E-state index contributed by atoms with van der Waals surface area (Å²) in [6.07, 6.45) is 2.61. The minimum Gasteiger partial charge on any atom is -0.387 e. The number of nitrogens with zero attached hydrogens (tertiary/aromatic N) is 1. The van der Waals surface area contributed by atoms with Gasteiger partial charge in [0.25, 0.3) is 10.0 Å². The zero-order valence-electron chi connectivity index (χ0n) is 13.9. The third kappa shape index (κ3) is 3.74. The number of benzene rings is 1. The first-order valence-electron chi connectivity index (χ1n) is 7.59. The van der Waals surface area contributed by atoms with E-state index in [4.69, 9.17) is 0 Å². The van der Waals surface area contributed by atoms with Crippen LogP contribution in [0.3, 0.4) is 0 Å². The molecule has 1 N–H and O–H groups in total. The van der Waals surface area contributed by atoms with E-state index in [1.54, 1.807) is 42.6 Å². The van der Waals surface area contributed by atoms with E-state index in [1.165, 1.54) is 3.97 Å². The van der Waals surface area contributed by atoms with Crippen molar-refractivity contribution in [1.82, 2.24) is 3.97 Å². The van der Waals surface area contributed by atoms with Gasteiger partial charge in [-0.25, -0.2) is 12.4 Å². The SMILES string of the molecule is CC(C)=Cc1cc(C(O)C(C)C)n(S(=O)(=O)c2ccccc2)c1. The zero-order valence-corrected chi connectivity index (χ0v) is 14.7. The monoisotopic (exact) mass is 333 g/mol. The standard InChI is InChI=1S/C18H23NO3S/c1-13(2)10-15-11-17(18(20)14(3)4)19(12-15)23(21,22)16-8-6-5-7-9-16/h5-12,14,18,20H,1-4H3. The fourth-order valence-electron chi connectivity index (χ4n) is 2.37. The number of rotatable bonds is 5. The highest BCUT2D eigenvalue weighted by atomic mass is 32.2. The molecule has 4 nitrogen and oxygen atoms in total. The Morgan fingerprint density at radius 3 is 2.30 bits per heavy atom. The van der Waals surface area contributed by atoms with E-state index in [-0.39, 0.29) is 10.8 Å². The van der Waals surface area contributed by atoms with Gasteiger partial charge in [-0.3, -0.25) is 0 Å². The number of aromatic nitrogens is 1. The third-order valence-corrected chi connectivity index (χ3v) is 5.23. The molecule has 0 aliphatic rings. The molecule has 124 valence electrons. The average Bonchev–Trinajstić information content (AvgIpc) is 2.91. The van der Waals surface area contributed by atoms with Gasteiger partial charge in [0.1, 0.15) is 0 Å². The van der Waals surface area contributed by atoms with E-state index in [1.807, 2.05) is 33.8 Å². The van der Waals surface area contributed by atoms with E-state index in [0.717, 1.165) is 11.1 Å². The van der Waals surface area contributed by atoms with Crippen LogP contribution in [-0.4, -0.2) is 17.5 Å².